The maximum Gasteiger partial charge on any atom is 0.136 e. The second-order valence-electron chi connectivity index (χ2n) is 1.88. The third-order valence-electron chi connectivity index (χ3n) is 1.32. The average molecular weight is 125 g/mol. The van der Waals surface area contributed by atoms with Gasteiger partial charge < -0.3 is 9.30 Å². The molecule has 0 saturated heterocycles. The molecule has 0 fully saturated rings. The fraction of sp³-hybridized carbons (Fsp3) is 0.429. The second-order valence-corrected chi connectivity index (χ2v) is 1.88. The molecule has 0 bridgehead atoms. The molecule has 1 aromatic rings. The largest absolute Gasteiger partial charge is 0.495 e. The molecule has 2 nitrogen and oxygen atoms in total. The Morgan fingerprint density at radius 1 is 1.67 bits per heavy atom. The van der Waals surface area contributed by atoms with Crippen molar-refractivity contribution in [3.8, 4) is 5.75 Å². The first-order valence-corrected chi connectivity index (χ1v) is 3.06. The Balaban J connectivity index is 2.74. The summed E-state index contributed by atoms with van der Waals surface area (Å²) in [6.45, 7) is 3.10. The first-order chi connectivity index (χ1) is 4.36. The van der Waals surface area contributed by atoms with E-state index in [4.69, 9.17) is 4.74 Å². The molecule has 0 amide bonds. The third kappa shape index (κ3) is 1.25. The Morgan fingerprint density at radius 3 is 2.78 bits per heavy atom. The molecule has 0 aliphatic carbocycles. The van der Waals surface area contributed by atoms with Gasteiger partial charge in [0.1, 0.15) is 5.75 Å². The molecule has 0 N–H and O–H groups in total. The summed E-state index contributed by atoms with van der Waals surface area (Å²) in [6.07, 6.45) is 3.97. The van der Waals surface area contributed by atoms with Crippen LogP contribution in [0.4, 0.5) is 0 Å². The van der Waals surface area contributed by atoms with E-state index < -0.39 is 0 Å². The van der Waals surface area contributed by atoms with Gasteiger partial charge in [-0.05, 0) is 13.0 Å². The average Bonchev–Trinajstić information content (AvgIpc) is 2.34. The standard InChI is InChI=1S/C7H11NO/c1-3-8-5-4-7(6-8)9-2/h4-6H,3H2,1-2H3. The lowest BCUT2D eigenvalue weighted by Crippen LogP contribution is -1.86. The van der Waals surface area contributed by atoms with Gasteiger partial charge in [-0.15, -0.1) is 0 Å². The van der Waals surface area contributed by atoms with Crippen LogP contribution in [0.15, 0.2) is 18.5 Å². The SMILES string of the molecule is CCn1ccc(OC)c1. The lowest BCUT2D eigenvalue weighted by Gasteiger charge is -1.93. The summed E-state index contributed by atoms with van der Waals surface area (Å²) in [5, 5.41) is 0. The van der Waals surface area contributed by atoms with E-state index in [-0.39, 0.29) is 0 Å². The molecule has 0 aliphatic heterocycles. The first kappa shape index (κ1) is 6.20. The van der Waals surface area contributed by atoms with Gasteiger partial charge in [0.05, 0.1) is 7.11 Å². The normalized spacial score (nSPS) is 9.56. The van der Waals surface area contributed by atoms with Crippen molar-refractivity contribution in [2.24, 2.45) is 0 Å². The Kier molecular flexibility index (Phi) is 1.78. The lowest BCUT2D eigenvalue weighted by atomic mass is 10.6. The highest BCUT2D eigenvalue weighted by atomic mass is 16.5. The Labute approximate surface area is 55.1 Å². The summed E-state index contributed by atoms with van der Waals surface area (Å²) in [5.41, 5.74) is 0. The van der Waals surface area contributed by atoms with Gasteiger partial charge in [-0.3, -0.25) is 0 Å². The molecule has 0 aromatic carbocycles. The highest BCUT2D eigenvalue weighted by Crippen LogP contribution is 2.08. The van der Waals surface area contributed by atoms with E-state index in [2.05, 4.69) is 11.5 Å². The zero-order valence-corrected chi connectivity index (χ0v) is 5.79. The van der Waals surface area contributed by atoms with Crippen LogP contribution in [0.1, 0.15) is 6.92 Å². The molecule has 0 aliphatic rings. The highest BCUT2D eigenvalue weighted by molar-refractivity contribution is 5.16. The van der Waals surface area contributed by atoms with Crippen LogP contribution in [0.2, 0.25) is 0 Å². The number of aryl methyl sites for hydroxylation is 1. The zero-order chi connectivity index (χ0) is 6.69. The van der Waals surface area contributed by atoms with Crippen molar-refractivity contribution in [1.82, 2.24) is 4.57 Å². The van der Waals surface area contributed by atoms with Gasteiger partial charge in [0.25, 0.3) is 0 Å². The monoisotopic (exact) mass is 125 g/mol. The number of methoxy groups -OCH3 is 1. The van der Waals surface area contributed by atoms with Gasteiger partial charge in [-0.25, -0.2) is 0 Å². The van der Waals surface area contributed by atoms with Crippen molar-refractivity contribution >= 4 is 0 Å². The summed E-state index contributed by atoms with van der Waals surface area (Å²) in [5.74, 6) is 0.928. The topological polar surface area (TPSA) is 14.2 Å². The molecule has 0 atom stereocenters. The van der Waals surface area contributed by atoms with Gasteiger partial charge in [-0.1, -0.05) is 0 Å². The van der Waals surface area contributed by atoms with E-state index in [1.807, 2.05) is 18.5 Å². The third-order valence-corrected chi connectivity index (χ3v) is 1.32. The number of hydrogen-bond acceptors (Lipinski definition) is 1. The molecule has 1 rings (SSSR count). The number of hydrogen-bond donors (Lipinski definition) is 0. The minimum atomic E-state index is 0.928. The van der Waals surface area contributed by atoms with Crippen LogP contribution < -0.4 is 4.74 Å². The predicted octanol–water partition coefficient (Wildman–Crippen LogP) is 1.52. The maximum atomic E-state index is 4.98. The molecule has 0 saturated carbocycles. The summed E-state index contributed by atoms with van der Waals surface area (Å²) in [6, 6.07) is 1.95. The van der Waals surface area contributed by atoms with Gasteiger partial charge in [0.2, 0.25) is 0 Å². The van der Waals surface area contributed by atoms with Crippen molar-refractivity contribution < 1.29 is 4.74 Å². The minimum Gasteiger partial charge on any atom is -0.495 e. The summed E-state index contributed by atoms with van der Waals surface area (Å²) in [7, 11) is 1.68. The number of aromatic nitrogens is 1. The fourth-order valence-corrected chi connectivity index (χ4v) is 0.736. The summed E-state index contributed by atoms with van der Waals surface area (Å²) in [4.78, 5) is 0. The van der Waals surface area contributed by atoms with E-state index in [1.54, 1.807) is 7.11 Å². The van der Waals surface area contributed by atoms with Gasteiger partial charge in [-0.2, -0.15) is 0 Å². The van der Waals surface area contributed by atoms with Gasteiger partial charge >= 0.3 is 0 Å². The molecular weight excluding hydrogens is 114 g/mol. The van der Waals surface area contributed by atoms with E-state index in [9.17, 15) is 0 Å². The molecule has 1 aromatic heterocycles. The van der Waals surface area contributed by atoms with Crippen LogP contribution in [-0.2, 0) is 6.54 Å². The van der Waals surface area contributed by atoms with Crippen LogP contribution in [-0.4, -0.2) is 11.7 Å². The van der Waals surface area contributed by atoms with Gasteiger partial charge in [0.15, 0.2) is 0 Å². The predicted molar refractivity (Wildman–Crippen MR) is 36.7 cm³/mol. The quantitative estimate of drug-likeness (QED) is 0.584. The van der Waals surface area contributed by atoms with Crippen LogP contribution in [0.25, 0.3) is 0 Å². The van der Waals surface area contributed by atoms with Crippen LogP contribution >= 0.6 is 0 Å². The van der Waals surface area contributed by atoms with E-state index in [0.29, 0.717) is 0 Å². The smallest absolute Gasteiger partial charge is 0.136 e. The molecule has 0 radical (unpaired) electrons. The molecular formula is C7H11NO. The minimum absolute atomic E-state index is 0.928. The van der Waals surface area contributed by atoms with Crippen LogP contribution in [0.3, 0.4) is 0 Å². The summed E-state index contributed by atoms with van der Waals surface area (Å²) >= 11 is 0. The van der Waals surface area contributed by atoms with E-state index >= 15 is 0 Å². The Hall–Kier alpha value is -0.920. The van der Waals surface area contributed by atoms with E-state index in [0.717, 1.165) is 12.3 Å². The zero-order valence-electron chi connectivity index (χ0n) is 5.79. The van der Waals surface area contributed by atoms with Gasteiger partial charge in [0, 0.05) is 18.9 Å². The second kappa shape index (κ2) is 2.58. The molecule has 2 heteroatoms. The van der Waals surface area contributed by atoms with Crippen molar-refractivity contribution in [2.45, 2.75) is 13.5 Å². The van der Waals surface area contributed by atoms with Crippen molar-refractivity contribution in [3.63, 3.8) is 0 Å². The van der Waals surface area contributed by atoms with Crippen LogP contribution in [0.5, 0.6) is 5.75 Å². The molecule has 0 spiro atoms. The van der Waals surface area contributed by atoms with Crippen molar-refractivity contribution in [2.75, 3.05) is 7.11 Å². The fourth-order valence-electron chi connectivity index (χ4n) is 0.736. The van der Waals surface area contributed by atoms with Crippen LogP contribution in [0, 0.1) is 0 Å². The molecule has 1 heterocycles. The lowest BCUT2D eigenvalue weighted by molar-refractivity contribution is 0.414. The Morgan fingerprint density at radius 2 is 2.44 bits per heavy atom. The number of ether oxygens (including phenoxy) is 1. The molecule has 0 unspecified atom stereocenters. The number of nitrogens with zero attached hydrogens (tertiary/aromatic N) is 1. The maximum absolute atomic E-state index is 4.98. The highest BCUT2D eigenvalue weighted by Gasteiger charge is 1.90. The molecule has 50 valence electrons. The molecule has 9 heavy (non-hydrogen) atoms. The van der Waals surface area contributed by atoms with E-state index in [1.165, 1.54) is 0 Å². The van der Waals surface area contributed by atoms with Crippen molar-refractivity contribution in [3.05, 3.63) is 18.5 Å². The Bertz CT molecular complexity index is 162. The number of rotatable bonds is 2. The summed E-state index contributed by atoms with van der Waals surface area (Å²) < 4.78 is 7.04. The first-order valence-electron chi connectivity index (χ1n) is 3.06. The van der Waals surface area contributed by atoms with Crippen molar-refractivity contribution in [1.29, 1.82) is 0 Å².